The van der Waals surface area contributed by atoms with Crippen molar-refractivity contribution in [1.82, 2.24) is 20.0 Å². The van der Waals surface area contributed by atoms with Gasteiger partial charge in [0.25, 0.3) is 0 Å². The van der Waals surface area contributed by atoms with Crippen LogP contribution in [0.15, 0.2) is 28.7 Å². The van der Waals surface area contributed by atoms with Crippen LogP contribution in [0.4, 0.5) is 4.39 Å². The average molecular weight is 316 g/mol. The Balaban J connectivity index is 1.26. The highest BCUT2D eigenvalue weighted by atomic mass is 19.1. The lowest BCUT2D eigenvalue weighted by molar-refractivity contribution is 0.114. The van der Waals surface area contributed by atoms with E-state index in [2.05, 4.69) is 20.0 Å². The van der Waals surface area contributed by atoms with Crippen LogP contribution in [-0.4, -0.2) is 46.2 Å². The summed E-state index contributed by atoms with van der Waals surface area (Å²) in [7, 11) is 0. The fourth-order valence-corrected chi connectivity index (χ4v) is 2.97. The van der Waals surface area contributed by atoms with Gasteiger partial charge in [-0.15, -0.1) is 10.2 Å². The molecule has 0 radical (unpaired) electrons. The van der Waals surface area contributed by atoms with Gasteiger partial charge in [0, 0.05) is 38.6 Å². The minimum atomic E-state index is -0.177. The third-order valence-electron chi connectivity index (χ3n) is 4.55. The molecule has 0 bridgehead atoms. The molecule has 1 saturated heterocycles. The first-order valence-corrected chi connectivity index (χ1v) is 8.28. The third-order valence-corrected chi connectivity index (χ3v) is 4.55. The van der Waals surface area contributed by atoms with Crippen LogP contribution in [0.5, 0.6) is 0 Å². The Labute approximate surface area is 135 Å². The van der Waals surface area contributed by atoms with Crippen LogP contribution in [0.2, 0.25) is 0 Å². The van der Waals surface area contributed by atoms with Crippen LogP contribution in [0.1, 0.15) is 36.1 Å². The van der Waals surface area contributed by atoms with Crippen molar-refractivity contribution in [1.29, 1.82) is 0 Å². The van der Waals surface area contributed by atoms with E-state index in [0.717, 1.165) is 56.6 Å². The second-order valence-electron chi connectivity index (χ2n) is 6.49. The Bertz CT molecular complexity index is 645. The van der Waals surface area contributed by atoms with Crippen molar-refractivity contribution in [3.63, 3.8) is 0 Å². The van der Waals surface area contributed by atoms with Gasteiger partial charge < -0.3 is 4.42 Å². The fourth-order valence-electron chi connectivity index (χ4n) is 2.97. The molecule has 0 atom stereocenters. The molecule has 1 aromatic carbocycles. The predicted octanol–water partition coefficient (Wildman–Crippen LogP) is 2.40. The van der Waals surface area contributed by atoms with Gasteiger partial charge in [-0.25, -0.2) is 4.39 Å². The van der Waals surface area contributed by atoms with Crippen molar-refractivity contribution in [2.45, 2.75) is 31.8 Å². The summed E-state index contributed by atoms with van der Waals surface area (Å²) in [6.07, 6.45) is 2.37. The van der Waals surface area contributed by atoms with E-state index >= 15 is 0 Å². The molecular formula is C17H21FN4O. The van der Waals surface area contributed by atoms with Crippen LogP contribution in [0.25, 0.3) is 0 Å². The van der Waals surface area contributed by atoms with E-state index in [4.69, 9.17) is 4.42 Å². The van der Waals surface area contributed by atoms with Crippen molar-refractivity contribution < 1.29 is 8.81 Å². The molecule has 2 fully saturated rings. The molecule has 0 N–H and O–H groups in total. The molecule has 6 heteroatoms. The van der Waals surface area contributed by atoms with E-state index in [1.54, 1.807) is 0 Å². The fraction of sp³-hybridized carbons (Fsp3) is 0.529. The van der Waals surface area contributed by atoms with Crippen LogP contribution in [0, 0.1) is 5.82 Å². The Morgan fingerprint density at radius 2 is 1.61 bits per heavy atom. The average Bonchev–Trinajstić information content (AvgIpc) is 3.32. The first kappa shape index (κ1) is 14.8. The molecule has 1 aromatic heterocycles. The van der Waals surface area contributed by atoms with Gasteiger partial charge in [-0.3, -0.25) is 9.80 Å². The van der Waals surface area contributed by atoms with Gasteiger partial charge in [-0.05, 0) is 30.5 Å². The monoisotopic (exact) mass is 316 g/mol. The van der Waals surface area contributed by atoms with Crippen molar-refractivity contribution >= 4 is 0 Å². The van der Waals surface area contributed by atoms with Gasteiger partial charge in [0.15, 0.2) is 0 Å². The topological polar surface area (TPSA) is 45.4 Å². The molecule has 0 spiro atoms. The Hall–Kier alpha value is -1.79. The minimum absolute atomic E-state index is 0.177. The van der Waals surface area contributed by atoms with E-state index < -0.39 is 0 Å². The third kappa shape index (κ3) is 3.76. The maximum Gasteiger partial charge on any atom is 0.230 e. The summed E-state index contributed by atoms with van der Waals surface area (Å²) in [5.41, 5.74) is 1.16. The lowest BCUT2D eigenvalue weighted by Crippen LogP contribution is -2.45. The van der Waals surface area contributed by atoms with Gasteiger partial charge in [-0.2, -0.15) is 0 Å². The number of hydrogen-bond donors (Lipinski definition) is 0. The molecule has 1 aliphatic carbocycles. The first-order chi connectivity index (χ1) is 11.3. The van der Waals surface area contributed by atoms with E-state index in [0.29, 0.717) is 5.92 Å². The van der Waals surface area contributed by atoms with Crippen LogP contribution in [0.3, 0.4) is 0 Å². The molecule has 0 amide bonds. The smallest absolute Gasteiger partial charge is 0.230 e. The normalized spacial score (nSPS) is 20.0. The maximum atomic E-state index is 12.9. The Kier molecular flexibility index (Phi) is 4.10. The molecule has 2 heterocycles. The standard InChI is InChI=1S/C17H21FN4O/c18-15-5-1-13(2-6-15)11-21-7-9-22(10-8-21)12-16-19-20-17(23-16)14-3-4-14/h1-2,5-6,14H,3-4,7-12H2. The molecule has 23 heavy (non-hydrogen) atoms. The quantitative estimate of drug-likeness (QED) is 0.847. The summed E-state index contributed by atoms with van der Waals surface area (Å²) < 4.78 is 18.7. The summed E-state index contributed by atoms with van der Waals surface area (Å²) in [4.78, 5) is 4.75. The van der Waals surface area contributed by atoms with Crippen molar-refractivity contribution in [3.8, 4) is 0 Å². The number of rotatable bonds is 5. The minimum Gasteiger partial charge on any atom is -0.424 e. The highest BCUT2D eigenvalue weighted by Gasteiger charge is 2.29. The van der Waals surface area contributed by atoms with E-state index in [1.165, 1.54) is 25.0 Å². The number of halogens is 1. The molecular weight excluding hydrogens is 295 g/mol. The van der Waals surface area contributed by atoms with Gasteiger partial charge in [-0.1, -0.05) is 12.1 Å². The molecule has 1 saturated carbocycles. The largest absolute Gasteiger partial charge is 0.424 e. The highest BCUT2D eigenvalue weighted by molar-refractivity contribution is 5.16. The Morgan fingerprint density at radius 1 is 0.957 bits per heavy atom. The molecule has 4 rings (SSSR count). The summed E-state index contributed by atoms with van der Waals surface area (Å²) in [6.45, 7) is 5.59. The first-order valence-electron chi connectivity index (χ1n) is 8.28. The number of nitrogens with zero attached hydrogens (tertiary/aromatic N) is 4. The zero-order chi connectivity index (χ0) is 15.6. The molecule has 1 aliphatic heterocycles. The number of benzene rings is 1. The lowest BCUT2D eigenvalue weighted by atomic mass is 10.2. The SMILES string of the molecule is Fc1ccc(CN2CCN(Cc3nnc(C4CC4)o3)CC2)cc1. The van der Waals surface area contributed by atoms with E-state index in [1.807, 2.05) is 12.1 Å². The van der Waals surface area contributed by atoms with Crippen molar-refractivity contribution in [2.24, 2.45) is 0 Å². The summed E-state index contributed by atoms with van der Waals surface area (Å²) in [6, 6.07) is 6.77. The summed E-state index contributed by atoms with van der Waals surface area (Å²) >= 11 is 0. The zero-order valence-corrected chi connectivity index (χ0v) is 13.1. The van der Waals surface area contributed by atoms with Crippen molar-refractivity contribution in [3.05, 3.63) is 47.4 Å². The number of aromatic nitrogens is 2. The summed E-state index contributed by atoms with van der Waals surface area (Å²) in [5, 5.41) is 8.30. The molecule has 0 unspecified atom stereocenters. The van der Waals surface area contributed by atoms with E-state index in [-0.39, 0.29) is 5.82 Å². The van der Waals surface area contributed by atoms with Crippen LogP contribution < -0.4 is 0 Å². The predicted molar refractivity (Wildman–Crippen MR) is 83.2 cm³/mol. The summed E-state index contributed by atoms with van der Waals surface area (Å²) in [5.74, 6) is 1.89. The van der Waals surface area contributed by atoms with Gasteiger partial charge in [0.1, 0.15) is 5.82 Å². The highest BCUT2D eigenvalue weighted by Crippen LogP contribution is 2.39. The molecule has 2 aromatic rings. The van der Waals surface area contributed by atoms with Crippen LogP contribution in [-0.2, 0) is 13.1 Å². The number of piperazine rings is 1. The van der Waals surface area contributed by atoms with Gasteiger partial charge in [0.2, 0.25) is 11.8 Å². The van der Waals surface area contributed by atoms with Crippen LogP contribution >= 0.6 is 0 Å². The maximum absolute atomic E-state index is 12.9. The molecule has 5 nitrogen and oxygen atoms in total. The molecule has 122 valence electrons. The van der Waals surface area contributed by atoms with E-state index in [9.17, 15) is 4.39 Å². The Morgan fingerprint density at radius 3 is 2.26 bits per heavy atom. The second kappa shape index (κ2) is 6.37. The molecule has 2 aliphatic rings. The lowest BCUT2D eigenvalue weighted by Gasteiger charge is -2.33. The zero-order valence-electron chi connectivity index (χ0n) is 13.1. The van der Waals surface area contributed by atoms with Crippen molar-refractivity contribution in [2.75, 3.05) is 26.2 Å². The van der Waals surface area contributed by atoms with Gasteiger partial charge >= 0.3 is 0 Å². The second-order valence-corrected chi connectivity index (χ2v) is 6.49. The number of hydrogen-bond acceptors (Lipinski definition) is 5. The van der Waals surface area contributed by atoms with Gasteiger partial charge in [0.05, 0.1) is 6.54 Å².